The van der Waals surface area contributed by atoms with E-state index in [0.29, 0.717) is 18.9 Å². The largest absolute Gasteiger partial charge is 0.317 e. The topological polar surface area (TPSA) is 90.0 Å². The quantitative estimate of drug-likeness (QED) is 0.524. The van der Waals surface area contributed by atoms with Gasteiger partial charge in [0.1, 0.15) is 11.5 Å². The summed E-state index contributed by atoms with van der Waals surface area (Å²) in [4.78, 5) is 21.8. The number of fused-ring (bicyclic) bond motifs is 2. The van der Waals surface area contributed by atoms with E-state index >= 15 is 0 Å². The van der Waals surface area contributed by atoms with Crippen LogP contribution in [0.1, 0.15) is 55.2 Å². The number of hydrogen-bond donors (Lipinski definition) is 1. The summed E-state index contributed by atoms with van der Waals surface area (Å²) in [6, 6.07) is 6.74. The fourth-order valence-electron chi connectivity index (χ4n) is 5.11. The number of nitrogens with one attached hydrogen (secondary N) is 1. The molecule has 1 saturated heterocycles. The lowest BCUT2D eigenvalue weighted by Crippen LogP contribution is -2.29. The van der Waals surface area contributed by atoms with Crippen molar-refractivity contribution in [3.63, 3.8) is 0 Å². The summed E-state index contributed by atoms with van der Waals surface area (Å²) in [6.45, 7) is 6.06. The van der Waals surface area contributed by atoms with Gasteiger partial charge < -0.3 is 5.32 Å². The van der Waals surface area contributed by atoms with E-state index in [0.717, 1.165) is 65.4 Å². The van der Waals surface area contributed by atoms with E-state index in [-0.39, 0.29) is 5.78 Å². The third-order valence-corrected chi connectivity index (χ3v) is 7.11. The van der Waals surface area contributed by atoms with Crippen molar-refractivity contribution in [3.05, 3.63) is 65.5 Å². The summed E-state index contributed by atoms with van der Waals surface area (Å²) < 4.78 is 3.85. The minimum Gasteiger partial charge on any atom is -0.317 e. The highest BCUT2D eigenvalue weighted by atomic mass is 16.1. The van der Waals surface area contributed by atoms with E-state index in [1.807, 2.05) is 26.2 Å². The van der Waals surface area contributed by atoms with Crippen LogP contribution in [0.15, 0.2) is 43.0 Å². The van der Waals surface area contributed by atoms with Crippen molar-refractivity contribution in [2.75, 3.05) is 13.1 Å². The number of piperidine rings is 1. The summed E-state index contributed by atoms with van der Waals surface area (Å²) in [5, 5.41) is 12.7. The van der Waals surface area contributed by atoms with Gasteiger partial charge in [0.05, 0.1) is 12.2 Å². The first-order valence-corrected chi connectivity index (χ1v) is 11.6. The normalized spacial score (nSPS) is 18.2. The molecule has 0 spiro atoms. The van der Waals surface area contributed by atoms with E-state index in [4.69, 9.17) is 10.1 Å². The van der Waals surface area contributed by atoms with Crippen LogP contribution in [0.2, 0.25) is 0 Å². The summed E-state index contributed by atoms with van der Waals surface area (Å²) in [5.41, 5.74) is 5.46. The van der Waals surface area contributed by atoms with Gasteiger partial charge >= 0.3 is 0 Å². The van der Waals surface area contributed by atoms with Gasteiger partial charge in [0.2, 0.25) is 0 Å². The van der Waals surface area contributed by atoms with Gasteiger partial charge in [-0.1, -0.05) is 18.2 Å². The Morgan fingerprint density at radius 3 is 2.91 bits per heavy atom. The number of Topliss-reactive ketones (excluding diaryl/α,β-unsaturated/α-hetero) is 1. The Labute approximate surface area is 192 Å². The summed E-state index contributed by atoms with van der Waals surface area (Å²) in [7, 11) is 0. The maximum atomic E-state index is 12.4. The molecule has 1 aromatic carbocycles. The van der Waals surface area contributed by atoms with Crippen LogP contribution < -0.4 is 5.32 Å². The van der Waals surface area contributed by atoms with Gasteiger partial charge in [-0.25, -0.2) is 9.50 Å². The Morgan fingerprint density at radius 1 is 1.21 bits per heavy atom. The maximum absolute atomic E-state index is 12.4. The Balaban J connectivity index is 1.29. The molecule has 4 heterocycles. The SMILES string of the molecule is CC1(C)C(=O)Cc2cc(Cc3nc4c(-c5cnn(C6CCNCC6)c5)nccn4n3)ccc21. The zero-order valence-corrected chi connectivity index (χ0v) is 19.0. The number of rotatable bonds is 4. The molecule has 0 bridgehead atoms. The molecule has 0 atom stereocenters. The first-order chi connectivity index (χ1) is 16.0. The summed E-state index contributed by atoms with van der Waals surface area (Å²) >= 11 is 0. The molecule has 1 aliphatic heterocycles. The van der Waals surface area contributed by atoms with Gasteiger partial charge in [-0.15, -0.1) is 0 Å². The van der Waals surface area contributed by atoms with Crippen molar-refractivity contribution in [1.82, 2.24) is 34.7 Å². The predicted molar refractivity (Wildman–Crippen MR) is 124 cm³/mol. The van der Waals surface area contributed by atoms with Gasteiger partial charge in [-0.05, 0) is 56.5 Å². The van der Waals surface area contributed by atoms with Gasteiger partial charge in [-0.2, -0.15) is 10.2 Å². The molecule has 0 saturated carbocycles. The van der Waals surface area contributed by atoms with Crippen molar-refractivity contribution in [1.29, 1.82) is 0 Å². The van der Waals surface area contributed by atoms with Crippen molar-refractivity contribution in [2.45, 2.75) is 51.0 Å². The fourth-order valence-corrected chi connectivity index (χ4v) is 5.11. The summed E-state index contributed by atoms with van der Waals surface area (Å²) in [5.74, 6) is 1.01. The molecule has 33 heavy (non-hydrogen) atoms. The molecule has 1 aliphatic carbocycles. The molecule has 4 aromatic rings. The van der Waals surface area contributed by atoms with Gasteiger partial charge in [0.25, 0.3) is 0 Å². The van der Waals surface area contributed by atoms with Crippen LogP contribution in [-0.2, 0) is 23.1 Å². The molecule has 0 radical (unpaired) electrons. The molecule has 168 valence electrons. The molecular weight excluding hydrogens is 414 g/mol. The third-order valence-electron chi connectivity index (χ3n) is 7.11. The average molecular weight is 442 g/mol. The van der Waals surface area contributed by atoms with Gasteiger partial charge in [-0.3, -0.25) is 14.5 Å². The molecule has 8 nitrogen and oxygen atoms in total. The first kappa shape index (κ1) is 20.2. The zero-order chi connectivity index (χ0) is 22.6. The van der Waals surface area contributed by atoms with Gasteiger partial charge in [0.15, 0.2) is 11.5 Å². The molecule has 8 heteroatoms. The molecule has 6 rings (SSSR count). The molecule has 1 fully saturated rings. The smallest absolute Gasteiger partial charge is 0.182 e. The molecule has 0 unspecified atom stereocenters. The second-order valence-electron chi connectivity index (χ2n) is 9.66. The van der Waals surface area contributed by atoms with Crippen molar-refractivity contribution < 1.29 is 4.79 Å². The highest BCUT2D eigenvalue weighted by Crippen LogP contribution is 2.36. The molecular formula is C25H27N7O. The maximum Gasteiger partial charge on any atom is 0.182 e. The van der Waals surface area contributed by atoms with Crippen LogP contribution in [0.4, 0.5) is 0 Å². The highest BCUT2D eigenvalue weighted by molar-refractivity contribution is 5.95. The van der Waals surface area contributed by atoms with Crippen molar-refractivity contribution in [2.24, 2.45) is 0 Å². The molecule has 2 aliphatic rings. The van der Waals surface area contributed by atoms with Crippen LogP contribution in [-0.4, -0.2) is 48.2 Å². The van der Waals surface area contributed by atoms with Crippen LogP contribution in [0.25, 0.3) is 16.9 Å². The highest BCUT2D eigenvalue weighted by Gasteiger charge is 2.37. The lowest BCUT2D eigenvalue weighted by atomic mass is 9.85. The second-order valence-corrected chi connectivity index (χ2v) is 9.66. The monoisotopic (exact) mass is 441 g/mol. The standard InChI is InChI=1S/C25H27N7O/c1-25(2)20-4-3-16(11-17(20)13-21(25)33)12-22-29-24-23(27-9-10-31(24)30-22)18-14-28-32(15-18)19-5-7-26-8-6-19/h3-4,9-11,14-15,19,26H,5-8,12-13H2,1-2H3. The third kappa shape index (κ3) is 3.45. The Morgan fingerprint density at radius 2 is 2.06 bits per heavy atom. The van der Waals surface area contributed by atoms with Crippen LogP contribution in [0.5, 0.6) is 0 Å². The van der Waals surface area contributed by atoms with Crippen LogP contribution in [0, 0.1) is 0 Å². The van der Waals surface area contributed by atoms with E-state index in [1.165, 1.54) is 0 Å². The number of carbonyl (C=O) groups is 1. The van der Waals surface area contributed by atoms with E-state index < -0.39 is 5.41 Å². The van der Waals surface area contributed by atoms with E-state index in [1.54, 1.807) is 10.7 Å². The van der Waals surface area contributed by atoms with Crippen LogP contribution in [0.3, 0.4) is 0 Å². The Kier molecular flexibility index (Phi) is 4.65. The van der Waals surface area contributed by atoms with E-state index in [9.17, 15) is 4.79 Å². The predicted octanol–water partition coefficient (Wildman–Crippen LogP) is 2.91. The second kappa shape index (κ2) is 7.59. The van der Waals surface area contributed by atoms with Crippen LogP contribution >= 0.6 is 0 Å². The average Bonchev–Trinajstić information content (AvgIpc) is 3.51. The van der Waals surface area contributed by atoms with Gasteiger partial charge in [0, 0.05) is 42.4 Å². The van der Waals surface area contributed by atoms with Crippen molar-refractivity contribution >= 4 is 11.4 Å². The Hall–Kier alpha value is -3.39. The Bertz CT molecular complexity index is 1360. The number of carbonyl (C=O) groups excluding carboxylic acids is 1. The number of benzene rings is 1. The minimum absolute atomic E-state index is 0.279. The lowest BCUT2D eigenvalue weighted by molar-refractivity contribution is -0.121. The zero-order valence-electron chi connectivity index (χ0n) is 19.0. The molecule has 3 aromatic heterocycles. The van der Waals surface area contributed by atoms with Crippen molar-refractivity contribution in [3.8, 4) is 11.3 Å². The number of ketones is 1. The molecule has 1 N–H and O–H groups in total. The first-order valence-electron chi connectivity index (χ1n) is 11.6. The molecule has 0 amide bonds. The number of hydrogen-bond acceptors (Lipinski definition) is 6. The minimum atomic E-state index is -0.394. The number of nitrogens with zero attached hydrogens (tertiary/aromatic N) is 6. The summed E-state index contributed by atoms with van der Waals surface area (Å²) in [6.07, 6.45) is 10.8. The fraction of sp³-hybridized carbons (Fsp3) is 0.400. The number of aromatic nitrogens is 6. The lowest BCUT2D eigenvalue weighted by Gasteiger charge is -2.22. The van der Waals surface area contributed by atoms with E-state index in [2.05, 4.69) is 44.5 Å².